The number of hydrogen-bond donors (Lipinski definition) is 1. The van der Waals surface area contributed by atoms with Crippen LogP contribution in [0.3, 0.4) is 0 Å². The summed E-state index contributed by atoms with van der Waals surface area (Å²) in [7, 11) is -3.91. The lowest BCUT2D eigenvalue weighted by Crippen LogP contribution is -2.20. The Morgan fingerprint density at radius 3 is 2.56 bits per heavy atom. The lowest BCUT2D eigenvalue weighted by molar-refractivity contribution is -0.116. The van der Waals surface area contributed by atoms with Gasteiger partial charge in [0.15, 0.2) is 5.78 Å². The van der Waals surface area contributed by atoms with E-state index < -0.39 is 21.2 Å². The molecule has 2 aromatic rings. The van der Waals surface area contributed by atoms with Crippen molar-refractivity contribution < 1.29 is 22.7 Å². The van der Waals surface area contributed by atoms with Gasteiger partial charge >= 0.3 is 0 Å². The van der Waals surface area contributed by atoms with Crippen molar-refractivity contribution in [2.75, 3.05) is 5.75 Å². The summed E-state index contributed by atoms with van der Waals surface area (Å²) in [6.45, 7) is 5.38. The molecule has 6 heteroatoms. The largest absolute Gasteiger partial charge is 0.453 e. The summed E-state index contributed by atoms with van der Waals surface area (Å²) in [5, 5.41) is 9.82. The minimum Gasteiger partial charge on any atom is -0.453 e. The van der Waals surface area contributed by atoms with E-state index in [1.165, 1.54) is 54.7 Å². The van der Waals surface area contributed by atoms with E-state index in [2.05, 4.69) is 19.1 Å². The van der Waals surface area contributed by atoms with Gasteiger partial charge in [-0.3, -0.25) is 4.79 Å². The van der Waals surface area contributed by atoms with Gasteiger partial charge in [0, 0.05) is 18.1 Å². The quantitative estimate of drug-likeness (QED) is 0.610. The van der Waals surface area contributed by atoms with E-state index in [1.807, 2.05) is 0 Å². The summed E-state index contributed by atoms with van der Waals surface area (Å²) in [4.78, 5) is 13.0. The van der Waals surface area contributed by atoms with Crippen molar-refractivity contribution in [3.05, 3.63) is 52.3 Å². The molecule has 1 saturated carbocycles. The Morgan fingerprint density at radius 1 is 1.19 bits per heavy atom. The van der Waals surface area contributed by atoms with Crippen LogP contribution in [0.15, 0.2) is 34.0 Å². The molecule has 1 atom stereocenters. The van der Waals surface area contributed by atoms with E-state index in [0.717, 1.165) is 24.8 Å². The maximum absolute atomic E-state index is 13.0. The van der Waals surface area contributed by atoms with Crippen LogP contribution in [0.1, 0.15) is 86.6 Å². The van der Waals surface area contributed by atoms with Crippen LogP contribution < -0.4 is 0 Å². The number of Topliss-reactive ketones (excluding diaryl/α,β-unsaturated/α-hetero) is 1. The lowest BCUT2D eigenvalue weighted by atomic mass is 9.81. The van der Waals surface area contributed by atoms with Gasteiger partial charge in [0.25, 0.3) is 0 Å². The maximum atomic E-state index is 13.0. The van der Waals surface area contributed by atoms with Crippen LogP contribution in [0.25, 0.3) is 0 Å². The first-order valence-electron chi connectivity index (χ1n) is 11.8. The lowest BCUT2D eigenvalue weighted by Gasteiger charge is -2.24. The summed E-state index contributed by atoms with van der Waals surface area (Å²) < 4.78 is 30.9. The molecular weight excluding hydrogens is 424 g/mol. The minimum atomic E-state index is -3.91. The molecule has 2 aliphatic rings. The standard InChI is InChI=1S/C26H34O5S/c1-17(18-7-4-5-8-18)22-12-11-19-9-6-10-23(19)24(22)14-21(27)16-32(29,30)25-13-20(15-31-25)26(2,3)28/h11-13,15,17-18,28H,4-10,14,16H2,1-3H3/t17-/m0/s1. The van der Waals surface area contributed by atoms with Gasteiger partial charge in [-0.05, 0) is 80.0 Å². The van der Waals surface area contributed by atoms with Crippen LogP contribution in [0, 0.1) is 5.92 Å². The smallest absolute Gasteiger partial charge is 0.218 e. The molecule has 32 heavy (non-hydrogen) atoms. The molecule has 4 rings (SSSR count). The Bertz CT molecular complexity index is 1100. The predicted octanol–water partition coefficient (Wildman–Crippen LogP) is 4.87. The molecule has 0 radical (unpaired) electrons. The maximum Gasteiger partial charge on any atom is 0.218 e. The molecule has 0 spiro atoms. The first-order chi connectivity index (χ1) is 15.1. The minimum absolute atomic E-state index is 0.147. The molecule has 1 aromatic heterocycles. The number of furan rings is 1. The third-order valence-electron chi connectivity index (χ3n) is 7.35. The van der Waals surface area contributed by atoms with Crippen LogP contribution in [0.2, 0.25) is 0 Å². The zero-order valence-corrected chi connectivity index (χ0v) is 20.1. The fourth-order valence-electron chi connectivity index (χ4n) is 5.44. The van der Waals surface area contributed by atoms with Gasteiger partial charge in [0.05, 0.1) is 11.9 Å². The van der Waals surface area contributed by atoms with E-state index in [9.17, 15) is 18.3 Å². The second kappa shape index (κ2) is 8.79. The van der Waals surface area contributed by atoms with Crippen molar-refractivity contribution in [1.29, 1.82) is 0 Å². The fourth-order valence-corrected chi connectivity index (χ4v) is 6.61. The SMILES string of the molecule is C[C@H](c1ccc2c(c1CC(=O)CS(=O)(=O)c1cc(C(C)(C)O)co1)CCC2)C1CCCC1. The third kappa shape index (κ3) is 4.72. The molecule has 1 fully saturated rings. The van der Waals surface area contributed by atoms with Gasteiger partial charge in [-0.2, -0.15) is 0 Å². The molecule has 0 unspecified atom stereocenters. The number of rotatable bonds is 8. The van der Waals surface area contributed by atoms with Crippen LogP contribution in [-0.2, 0) is 39.5 Å². The van der Waals surface area contributed by atoms with Crippen LogP contribution in [0.5, 0.6) is 0 Å². The molecule has 0 saturated heterocycles. The molecular formula is C26H34O5S. The first kappa shape index (κ1) is 23.2. The monoisotopic (exact) mass is 458 g/mol. The molecule has 1 aromatic carbocycles. The molecule has 1 N–H and O–H groups in total. The van der Waals surface area contributed by atoms with E-state index in [1.54, 1.807) is 13.8 Å². The van der Waals surface area contributed by atoms with Gasteiger partial charge in [0.2, 0.25) is 14.9 Å². The number of carbonyl (C=O) groups excluding carboxylic acids is 1. The second-order valence-corrected chi connectivity index (χ2v) is 12.1. The first-order valence-corrected chi connectivity index (χ1v) is 13.4. The summed E-state index contributed by atoms with van der Waals surface area (Å²) in [6.07, 6.45) is 9.44. The Morgan fingerprint density at radius 2 is 1.91 bits per heavy atom. The Labute approximate surface area is 191 Å². The van der Waals surface area contributed by atoms with Crippen molar-refractivity contribution >= 4 is 15.6 Å². The van der Waals surface area contributed by atoms with Gasteiger partial charge in [-0.25, -0.2) is 8.42 Å². The Kier molecular flexibility index (Phi) is 6.38. The van der Waals surface area contributed by atoms with Crippen molar-refractivity contribution in [1.82, 2.24) is 0 Å². The molecule has 1 heterocycles. The highest BCUT2D eigenvalue weighted by molar-refractivity contribution is 7.92. The highest BCUT2D eigenvalue weighted by Gasteiger charge is 2.30. The van der Waals surface area contributed by atoms with Crippen molar-refractivity contribution in [3.63, 3.8) is 0 Å². The van der Waals surface area contributed by atoms with E-state index in [0.29, 0.717) is 17.4 Å². The molecule has 0 aliphatic heterocycles. The zero-order chi connectivity index (χ0) is 23.1. The van der Waals surface area contributed by atoms with E-state index >= 15 is 0 Å². The molecule has 174 valence electrons. The number of aryl methyl sites for hydroxylation is 1. The zero-order valence-electron chi connectivity index (χ0n) is 19.3. The van der Waals surface area contributed by atoms with Crippen LogP contribution in [-0.4, -0.2) is 25.1 Å². The number of aliphatic hydroxyl groups is 1. The molecule has 5 nitrogen and oxygen atoms in total. The summed E-state index contributed by atoms with van der Waals surface area (Å²) in [6, 6.07) is 5.72. The summed E-state index contributed by atoms with van der Waals surface area (Å²) >= 11 is 0. The highest BCUT2D eigenvalue weighted by atomic mass is 32.2. The van der Waals surface area contributed by atoms with E-state index in [-0.39, 0.29) is 17.3 Å². The normalized spacial score (nSPS) is 18.1. The Hall–Kier alpha value is -1.92. The topological polar surface area (TPSA) is 84.6 Å². The van der Waals surface area contributed by atoms with Crippen molar-refractivity contribution in [3.8, 4) is 0 Å². The third-order valence-corrected chi connectivity index (χ3v) is 8.88. The van der Waals surface area contributed by atoms with Crippen LogP contribution >= 0.6 is 0 Å². The number of fused-ring (bicyclic) bond motifs is 1. The number of carbonyl (C=O) groups is 1. The average Bonchev–Trinajstić information content (AvgIpc) is 3.47. The summed E-state index contributed by atoms with van der Waals surface area (Å²) in [5.74, 6) is 0.108. The van der Waals surface area contributed by atoms with Crippen LogP contribution in [0.4, 0.5) is 0 Å². The van der Waals surface area contributed by atoms with Crippen molar-refractivity contribution in [2.24, 2.45) is 5.92 Å². The Balaban J connectivity index is 1.57. The fraction of sp³-hybridized carbons (Fsp3) is 0.577. The van der Waals surface area contributed by atoms with Gasteiger partial charge < -0.3 is 9.52 Å². The molecule has 0 amide bonds. The van der Waals surface area contributed by atoms with Gasteiger partial charge in [-0.15, -0.1) is 0 Å². The van der Waals surface area contributed by atoms with Gasteiger partial charge in [0.1, 0.15) is 5.75 Å². The number of ketones is 1. The summed E-state index contributed by atoms with van der Waals surface area (Å²) in [5.41, 5.74) is 4.02. The predicted molar refractivity (Wildman–Crippen MR) is 124 cm³/mol. The van der Waals surface area contributed by atoms with Gasteiger partial charge in [-0.1, -0.05) is 31.9 Å². The van der Waals surface area contributed by atoms with E-state index in [4.69, 9.17) is 4.42 Å². The number of benzene rings is 1. The molecule has 2 aliphatic carbocycles. The number of sulfone groups is 1. The highest BCUT2D eigenvalue weighted by Crippen LogP contribution is 2.40. The number of hydrogen-bond acceptors (Lipinski definition) is 5. The van der Waals surface area contributed by atoms with Crippen molar-refractivity contribution in [2.45, 2.75) is 88.7 Å². The second-order valence-electron chi connectivity index (χ2n) is 10.1. The molecule has 0 bridgehead atoms. The average molecular weight is 459 g/mol.